The molecule has 0 aromatic rings. The number of ether oxygens (including phenoxy) is 3. The van der Waals surface area contributed by atoms with Crippen molar-refractivity contribution in [1.29, 1.82) is 0 Å². The molecular formula is C15H20O7. The fourth-order valence-corrected chi connectivity index (χ4v) is 2.88. The molecule has 0 aromatic heterocycles. The summed E-state index contributed by atoms with van der Waals surface area (Å²) in [6.07, 6.45) is -1.41. The third-order valence-electron chi connectivity index (χ3n) is 3.72. The molecule has 2 rings (SSSR count). The lowest BCUT2D eigenvalue weighted by Gasteiger charge is -2.16. The Labute approximate surface area is 128 Å². The zero-order valence-corrected chi connectivity index (χ0v) is 12.7. The standard InChI is InChI=1S/C15H20O7/c1-8(16)3-11(18)5-10-6-20-15-12(7-21-14(10)15)22-13(19)4-9(2)17/h10,12,14-15H,3-7H2,1-2H3/t10-,12+,14-,15-/m1/s1. The molecule has 0 radical (unpaired) electrons. The fourth-order valence-electron chi connectivity index (χ4n) is 2.88. The molecule has 2 heterocycles. The lowest BCUT2D eigenvalue weighted by atomic mass is 9.94. The fraction of sp³-hybridized carbons (Fsp3) is 0.733. The van der Waals surface area contributed by atoms with Gasteiger partial charge in [-0.15, -0.1) is 0 Å². The molecule has 2 saturated heterocycles. The average Bonchev–Trinajstić information content (AvgIpc) is 2.92. The van der Waals surface area contributed by atoms with E-state index in [1.54, 1.807) is 0 Å². The van der Waals surface area contributed by atoms with Gasteiger partial charge in [-0.3, -0.25) is 19.2 Å². The molecule has 0 amide bonds. The van der Waals surface area contributed by atoms with Gasteiger partial charge in [-0.05, 0) is 13.8 Å². The van der Waals surface area contributed by atoms with Crippen molar-refractivity contribution in [3.05, 3.63) is 0 Å². The minimum Gasteiger partial charge on any atom is -0.457 e. The van der Waals surface area contributed by atoms with Crippen LogP contribution in [-0.4, -0.2) is 54.8 Å². The van der Waals surface area contributed by atoms with Gasteiger partial charge in [-0.25, -0.2) is 0 Å². The summed E-state index contributed by atoms with van der Waals surface area (Å²) in [5, 5.41) is 0. The highest BCUT2D eigenvalue weighted by Gasteiger charge is 2.49. The molecule has 7 heteroatoms. The second-order valence-corrected chi connectivity index (χ2v) is 5.88. The quantitative estimate of drug-likeness (QED) is 0.490. The minimum atomic E-state index is -0.596. The van der Waals surface area contributed by atoms with Crippen LogP contribution in [0, 0.1) is 5.92 Å². The lowest BCUT2D eigenvalue weighted by Crippen LogP contribution is -2.33. The zero-order valence-electron chi connectivity index (χ0n) is 12.7. The number of carbonyl (C=O) groups excluding carboxylic acids is 4. The van der Waals surface area contributed by atoms with Gasteiger partial charge >= 0.3 is 5.97 Å². The number of Topliss-reactive ketones (excluding diaryl/α,β-unsaturated/α-hetero) is 3. The molecule has 22 heavy (non-hydrogen) atoms. The minimum absolute atomic E-state index is 0.0785. The van der Waals surface area contributed by atoms with Crippen molar-refractivity contribution in [1.82, 2.24) is 0 Å². The number of hydrogen-bond acceptors (Lipinski definition) is 7. The predicted molar refractivity (Wildman–Crippen MR) is 73.1 cm³/mol. The molecule has 0 N–H and O–H groups in total. The van der Waals surface area contributed by atoms with Gasteiger partial charge in [0, 0.05) is 12.3 Å². The van der Waals surface area contributed by atoms with Crippen molar-refractivity contribution < 1.29 is 33.4 Å². The predicted octanol–water partition coefficient (Wildman–Crippen LogP) is 0.229. The molecule has 0 saturated carbocycles. The summed E-state index contributed by atoms with van der Waals surface area (Å²) >= 11 is 0. The Morgan fingerprint density at radius 1 is 0.955 bits per heavy atom. The number of hydrogen-bond donors (Lipinski definition) is 0. The van der Waals surface area contributed by atoms with Crippen molar-refractivity contribution in [2.45, 2.75) is 51.4 Å². The molecule has 2 aliphatic rings. The van der Waals surface area contributed by atoms with Crippen LogP contribution in [-0.2, 0) is 33.4 Å². The Balaban J connectivity index is 1.86. The van der Waals surface area contributed by atoms with E-state index < -0.39 is 18.2 Å². The van der Waals surface area contributed by atoms with E-state index in [4.69, 9.17) is 14.2 Å². The van der Waals surface area contributed by atoms with Crippen LogP contribution in [0.5, 0.6) is 0 Å². The lowest BCUT2D eigenvalue weighted by molar-refractivity contribution is -0.155. The summed E-state index contributed by atoms with van der Waals surface area (Å²) in [4.78, 5) is 45.1. The second kappa shape index (κ2) is 7.11. The van der Waals surface area contributed by atoms with Gasteiger partial charge < -0.3 is 14.2 Å². The highest BCUT2D eigenvalue weighted by molar-refractivity contribution is 5.98. The first-order valence-corrected chi connectivity index (χ1v) is 7.30. The molecule has 0 spiro atoms. The number of ketones is 3. The van der Waals surface area contributed by atoms with Gasteiger partial charge in [0.2, 0.25) is 0 Å². The van der Waals surface area contributed by atoms with Crippen LogP contribution in [0.15, 0.2) is 0 Å². The van der Waals surface area contributed by atoms with E-state index in [-0.39, 0.29) is 55.2 Å². The van der Waals surface area contributed by atoms with E-state index in [0.29, 0.717) is 6.61 Å². The molecule has 7 nitrogen and oxygen atoms in total. The van der Waals surface area contributed by atoms with E-state index in [2.05, 4.69) is 0 Å². The van der Waals surface area contributed by atoms with Gasteiger partial charge in [0.05, 0.1) is 25.7 Å². The monoisotopic (exact) mass is 312 g/mol. The van der Waals surface area contributed by atoms with Gasteiger partial charge in [0.1, 0.15) is 29.9 Å². The molecule has 2 aliphatic heterocycles. The van der Waals surface area contributed by atoms with Crippen LogP contribution < -0.4 is 0 Å². The first kappa shape index (κ1) is 16.8. The number of carbonyl (C=O) groups is 4. The third-order valence-corrected chi connectivity index (χ3v) is 3.72. The van der Waals surface area contributed by atoms with Crippen molar-refractivity contribution >= 4 is 23.3 Å². The van der Waals surface area contributed by atoms with Crippen LogP contribution in [0.3, 0.4) is 0 Å². The number of rotatable bonds is 7. The van der Waals surface area contributed by atoms with E-state index in [1.165, 1.54) is 13.8 Å². The van der Waals surface area contributed by atoms with E-state index in [1.807, 2.05) is 0 Å². The van der Waals surface area contributed by atoms with Crippen molar-refractivity contribution in [2.24, 2.45) is 5.92 Å². The molecule has 2 fully saturated rings. The summed E-state index contributed by atoms with van der Waals surface area (Å²) in [5.41, 5.74) is 0. The van der Waals surface area contributed by atoms with Gasteiger partial charge in [0.15, 0.2) is 6.10 Å². The van der Waals surface area contributed by atoms with Crippen LogP contribution >= 0.6 is 0 Å². The summed E-state index contributed by atoms with van der Waals surface area (Å²) in [6.45, 7) is 3.22. The van der Waals surface area contributed by atoms with E-state index in [0.717, 1.165) is 0 Å². The maximum Gasteiger partial charge on any atom is 0.313 e. The van der Waals surface area contributed by atoms with Gasteiger partial charge in [-0.1, -0.05) is 0 Å². The summed E-state index contributed by atoms with van der Waals surface area (Å²) in [6, 6.07) is 0. The van der Waals surface area contributed by atoms with E-state index in [9.17, 15) is 19.2 Å². The molecule has 122 valence electrons. The summed E-state index contributed by atoms with van der Waals surface area (Å²) in [7, 11) is 0. The van der Waals surface area contributed by atoms with Gasteiger partial charge in [0.25, 0.3) is 0 Å². The van der Waals surface area contributed by atoms with Crippen LogP contribution in [0.2, 0.25) is 0 Å². The Hall–Kier alpha value is -1.60. The molecule has 4 atom stereocenters. The Kier molecular flexibility index (Phi) is 5.42. The van der Waals surface area contributed by atoms with Crippen molar-refractivity contribution in [3.63, 3.8) is 0 Å². The van der Waals surface area contributed by atoms with Gasteiger partial charge in [-0.2, -0.15) is 0 Å². The maximum absolute atomic E-state index is 11.7. The van der Waals surface area contributed by atoms with Crippen molar-refractivity contribution in [3.8, 4) is 0 Å². The maximum atomic E-state index is 11.7. The van der Waals surface area contributed by atoms with Crippen LogP contribution in [0.1, 0.15) is 33.1 Å². The average molecular weight is 312 g/mol. The highest BCUT2D eigenvalue weighted by atomic mass is 16.6. The topological polar surface area (TPSA) is 96.0 Å². The number of fused-ring (bicyclic) bond motifs is 1. The SMILES string of the molecule is CC(=O)CC(=O)C[C@@H]1CO[C@H]2[C@@H]1OC[C@@H]2OC(=O)CC(C)=O. The normalized spacial score (nSPS) is 29.9. The molecule has 0 bridgehead atoms. The summed E-state index contributed by atoms with van der Waals surface area (Å²) in [5.74, 6) is -1.29. The Bertz CT molecular complexity index is 440. The highest BCUT2D eigenvalue weighted by Crippen LogP contribution is 2.34. The smallest absolute Gasteiger partial charge is 0.313 e. The van der Waals surface area contributed by atoms with Crippen molar-refractivity contribution in [2.75, 3.05) is 13.2 Å². The zero-order chi connectivity index (χ0) is 16.3. The second-order valence-electron chi connectivity index (χ2n) is 5.88. The molecule has 0 aromatic carbocycles. The molecule has 0 aliphatic carbocycles. The molecule has 0 unspecified atom stereocenters. The van der Waals surface area contributed by atoms with Crippen LogP contribution in [0.25, 0.3) is 0 Å². The Morgan fingerprint density at radius 2 is 1.59 bits per heavy atom. The number of esters is 1. The largest absolute Gasteiger partial charge is 0.457 e. The van der Waals surface area contributed by atoms with Crippen LogP contribution in [0.4, 0.5) is 0 Å². The molecular weight excluding hydrogens is 292 g/mol. The Morgan fingerprint density at radius 3 is 2.23 bits per heavy atom. The summed E-state index contributed by atoms with van der Waals surface area (Å²) < 4.78 is 16.4. The first-order chi connectivity index (χ1) is 10.4. The van der Waals surface area contributed by atoms with E-state index >= 15 is 0 Å². The third kappa shape index (κ3) is 4.20. The first-order valence-electron chi connectivity index (χ1n) is 7.30.